The summed E-state index contributed by atoms with van der Waals surface area (Å²) in [6.07, 6.45) is 5.86. The number of carbonyl (C=O) groups is 5. The first kappa shape index (κ1) is 28.7. The quantitative estimate of drug-likeness (QED) is 0.232. The number of carbonyl (C=O) groups excluding carboxylic acids is 4. The number of amides is 4. The average Bonchev–Trinajstić information content (AvgIpc) is 3.58. The summed E-state index contributed by atoms with van der Waals surface area (Å²) in [6, 6.07) is 3.42. The molecule has 0 aromatic heterocycles. The monoisotopic (exact) mass is 528 g/mol. The standard InChI is InChI=1S/C27H36N4O7/c1-2-3-4-9-24(34)30-14-6-8-22(30)26(36)31-15-5-7-21(31)25(35)28-17-23(33)29-20(27(37)38)16-18-10-12-19(32)13-11-18/h2,10-13,20-22,32H,1,3-9,14-17H2,(H,28,35)(H,29,33)(H,37,38)/t20?,21-,22-/m0/s1. The van der Waals surface area contributed by atoms with Gasteiger partial charge in [0.2, 0.25) is 23.6 Å². The van der Waals surface area contributed by atoms with Gasteiger partial charge >= 0.3 is 5.97 Å². The fourth-order valence-electron chi connectivity index (χ4n) is 4.96. The topological polar surface area (TPSA) is 156 Å². The number of likely N-dealkylation sites (tertiary alicyclic amines) is 2. The summed E-state index contributed by atoms with van der Waals surface area (Å²) >= 11 is 0. The van der Waals surface area contributed by atoms with Crippen molar-refractivity contribution in [1.29, 1.82) is 0 Å². The maximum absolute atomic E-state index is 13.3. The number of unbranched alkanes of at least 4 members (excludes halogenated alkanes) is 1. The Morgan fingerprint density at radius 1 is 1.03 bits per heavy atom. The number of benzene rings is 1. The van der Waals surface area contributed by atoms with Crippen LogP contribution in [0.4, 0.5) is 0 Å². The van der Waals surface area contributed by atoms with Gasteiger partial charge in [-0.05, 0) is 56.2 Å². The van der Waals surface area contributed by atoms with Crippen LogP contribution in [0, 0.1) is 0 Å². The number of hydrogen-bond acceptors (Lipinski definition) is 6. The Morgan fingerprint density at radius 3 is 2.34 bits per heavy atom. The Hall–Kier alpha value is -3.89. The first-order chi connectivity index (χ1) is 18.2. The third-order valence-electron chi connectivity index (χ3n) is 6.93. The number of carboxylic acids is 1. The SMILES string of the molecule is C=CCCCC(=O)N1CCC[C@H]1C(=O)N1CCC[C@H]1C(=O)NCC(=O)NC(Cc1ccc(O)cc1)C(=O)O. The number of carboxylic acid groups (broad SMARTS) is 1. The summed E-state index contributed by atoms with van der Waals surface area (Å²) in [5, 5.41) is 23.8. The van der Waals surface area contributed by atoms with E-state index in [1.807, 2.05) is 0 Å². The lowest BCUT2D eigenvalue weighted by molar-refractivity contribution is -0.146. The highest BCUT2D eigenvalue weighted by atomic mass is 16.4. The molecule has 11 heteroatoms. The van der Waals surface area contributed by atoms with E-state index in [1.165, 1.54) is 17.0 Å². The van der Waals surface area contributed by atoms with E-state index in [0.717, 1.165) is 12.8 Å². The number of nitrogens with zero attached hydrogens (tertiary/aromatic N) is 2. The molecule has 0 saturated carbocycles. The van der Waals surface area contributed by atoms with Gasteiger partial charge in [-0.25, -0.2) is 4.79 Å². The lowest BCUT2D eigenvalue weighted by Gasteiger charge is -2.31. The van der Waals surface area contributed by atoms with Crippen LogP contribution in [0.3, 0.4) is 0 Å². The fraction of sp³-hybridized carbons (Fsp3) is 0.519. The predicted octanol–water partition coefficient (Wildman–Crippen LogP) is 0.959. The number of hydrogen-bond donors (Lipinski definition) is 4. The smallest absolute Gasteiger partial charge is 0.326 e. The number of phenols is 1. The molecule has 1 unspecified atom stereocenters. The van der Waals surface area contributed by atoms with E-state index in [1.54, 1.807) is 23.1 Å². The lowest BCUT2D eigenvalue weighted by Crippen LogP contribution is -2.54. The summed E-state index contributed by atoms with van der Waals surface area (Å²) in [5.41, 5.74) is 0.611. The molecular weight excluding hydrogens is 492 g/mol. The Morgan fingerprint density at radius 2 is 1.68 bits per heavy atom. The molecule has 4 N–H and O–H groups in total. The average molecular weight is 529 g/mol. The minimum Gasteiger partial charge on any atom is -0.508 e. The maximum atomic E-state index is 13.3. The molecule has 0 bridgehead atoms. The second-order valence-corrected chi connectivity index (χ2v) is 9.66. The van der Waals surface area contributed by atoms with Crippen molar-refractivity contribution in [2.75, 3.05) is 19.6 Å². The minimum atomic E-state index is -1.23. The molecule has 1 aromatic carbocycles. The molecule has 0 spiro atoms. The van der Waals surface area contributed by atoms with E-state index < -0.39 is 42.5 Å². The van der Waals surface area contributed by atoms with E-state index in [9.17, 15) is 34.2 Å². The molecule has 2 fully saturated rings. The molecule has 0 radical (unpaired) electrons. The van der Waals surface area contributed by atoms with Crippen LogP contribution in [0.15, 0.2) is 36.9 Å². The molecule has 3 rings (SSSR count). The summed E-state index contributed by atoms with van der Waals surface area (Å²) in [6.45, 7) is 4.14. The summed E-state index contributed by atoms with van der Waals surface area (Å²) in [5.74, 6) is -2.67. The zero-order valence-corrected chi connectivity index (χ0v) is 21.4. The molecular formula is C27H36N4O7. The molecule has 4 amide bonds. The number of nitrogens with one attached hydrogen (secondary N) is 2. The Balaban J connectivity index is 1.53. The first-order valence-corrected chi connectivity index (χ1v) is 13.0. The number of rotatable bonds is 12. The van der Waals surface area contributed by atoms with Crippen LogP contribution in [0.1, 0.15) is 50.5 Å². The van der Waals surface area contributed by atoms with Crippen LogP contribution in [-0.2, 0) is 30.4 Å². The van der Waals surface area contributed by atoms with E-state index >= 15 is 0 Å². The van der Waals surface area contributed by atoms with Crippen molar-refractivity contribution in [2.45, 2.75) is 69.5 Å². The molecule has 2 saturated heterocycles. The molecule has 1 aromatic rings. The van der Waals surface area contributed by atoms with Crippen LogP contribution in [0.25, 0.3) is 0 Å². The molecule has 38 heavy (non-hydrogen) atoms. The molecule has 206 valence electrons. The third kappa shape index (κ3) is 7.56. The molecule has 2 aliphatic heterocycles. The van der Waals surface area contributed by atoms with Crippen molar-refractivity contribution in [3.8, 4) is 5.75 Å². The second kappa shape index (κ2) is 13.6. The zero-order valence-electron chi connectivity index (χ0n) is 21.4. The van der Waals surface area contributed by atoms with E-state index in [0.29, 0.717) is 50.8 Å². The van der Waals surface area contributed by atoms with Gasteiger partial charge in [0.25, 0.3) is 0 Å². The number of allylic oxidation sites excluding steroid dienone is 1. The number of phenolic OH excluding ortho intramolecular Hbond substituents is 1. The maximum Gasteiger partial charge on any atom is 0.326 e. The zero-order chi connectivity index (χ0) is 27.7. The van der Waals surface area contributed by atoms with Crippen molar-refractivity contribution in [3.63, 3.8) is 0 Å². The van der Waals surface area contributed by atoms with Gasteiger partial charge in [0.1, 0.15) is 23.9 Å². The fourth-order valence-corrected chi connectivity index (χ4v) is 4.96. The molecule has 11 nitrogen and oxygen atoms in total. The second-order valence-electron chi connectivity index (χ2n) is 9.66. The van der Waals surface area contributed by atoms with Gasteiger partial charge in [0.15, 0.2) is 0 Å². The van der Waals surface area contributed by atoms with Crippen molar-refractivity contribution in [2.24, 2.45) is 0 Å². The third-order valence-corrected chi connectivity index (χ3v) is 6.93. The molecule has 2 heterocycles. The summed E-state index contributed by atoms with van der Waals surface area (Å²) in [4.78, 5) is 66.0. The largest absolute Gasteiger partial charge is 0.508 e. The highest BCUT2D eigenvalue weighted by Gasteiger charge is 2.41. The van der Waals surface area contributed by atoms with Gasteiger partial charge in [-0.3, -0.25) is 19.2 Å². The summed E-state index contributed by atoms with van der Waals surface area (Å²) < 4.78 is 0. The van der Waals surface area contributed by atoms with Crippen LogP contribution >= 0.6 is 0 Å². The summed E-state index contributed by atoms with van der Waals surface area (Å²) in [7, 11) is 0. The lowest BCUT2D eigenvalue weighted by atomic mass is 10.1. The molecule has 3 atom stereocenters. The normalized spacial score (nSPS) is 19.6. The van der Waals surface area contributed by atoms with Gasteiger partial charge < -0.3 is 30.6 Å². The molecule has 0 aliphatic carbocycles. The highest BCUT2D eigenvalue weighted by molar-refractivity contribution is 5.94. The van der Waals surface area contributed by atoms with Crippen molar-refractivity contribution < 1.29 is 34.2 Å². The molecule has 2 aliphatic rings. The van der Waals surface area contributed by atoms with Crippen LogP contribution < -0.4 is 10.6 Å². The minimum absolute atomic E-state index is 0.00437. The first-order valence-electron chi connectivity index (χ1n) is 13.0. The van der Waals surface area contributed by atoms with Crippen LogP contribution in [0.2, 0.25) is 0 Å². The van der Waals surface area contributed by atoms with Gasteiger partial charge in [-0.1, -0.05) is 18.2 Å². The van der Waals surface area contributed by atoms with Gasteiger partial charge in [0.05, 0.1) is 6.54 Å². The van der Waals surface area contributed by atoms with E-state index in [2.05, 4.69) is 17.2 Å². The van der Waals surface area contributed by atoms with E-state index in [4.69, 9.17) is 0 Å². The Kier molecular flexibility index (Phi) is 10.3. The van der Waals surface area contributed by atoms with Crippen molar-refractivity contribution >= 4 is 29.6 Å². The van der Waals surface area contributed by atoms with Crippen LogP contribution in [0.5, 0.6) is 5.75 Å². The van der Waals surface area contributed by atoms with E-state index in [-0.39, 0.29) is 24.0 Å². The highest BCUT2D eigenvalue weighted by Crippen LogP contribution is 2.26. The van der Waals surface area contributed by atoms with Crippen molar-refractivity contribution in [3.05, 3.63) is 42.5 Å². The number of aromatic hydroxyl groups is 1. The van der Waals surface area contributed by atoms with Gasteiger partial charge in [-0.15, -0.1) is 6.58 Å². The van der Waals surface area contributed by atoms with Gasteiger partial charge in [0, 0.05) is 25.9 Å². The van der Waals surface area contributed by atoms with Crippen LogP contribution in [-0.4, -0.2) is 87.4 Å². The Labute approximate surface area is 221 Å². The number of aliphatic carboxylic acids is 1. The van der Waals surface area contributed by atoms with Crippen molar-refractivity contribution in [1.82, 2.24) is 20.4 Å². The van der Waals surface area contributed by atoms with Gasteiger partial charge in [-0.2, -0.15) is 0 Å². The predicted molar refractivity (Wildman–Crippen MR) is 138 cm³/mol. The Bertz CT molecular complexity index is 1040.